The van der Waals surface area contributed by atoms with Crippen LogP contribution in [0.1, 0.15) is 32.5 Å². The highest BCUT2D eigenvalue weighted by molar-refractivity contribution is 5.85. The average Bonchev–Trinajstić information content (AvgIpc) is 2.98. The molecule has 0 unspecified atom stereocenters. The van der Waals surface area contributed by atoms with E-state index in [-0.39, 0.29) is 5.91 Å². The lowest BCUT2D eigenvalue weighted by molar-refractivity contribution is -0.137. The van der Waals surface area contributed by atoms with Crippen molar-refractivity contribution in [3.63, 3.8) is 0 Å². The second-order valence-corrected chi connectivity index (χ2v) is 5.34. The van der Waals surface area contributed by atoms with E-state index in [0.29, 0.717) is 12.6 Å². The number of carbonyl (C=O) groups excluding carboxylic acids is 1. The van der Waals surface area contributed by atoms with Gasteiger partial charge in [-0.15, -0.1) is 0 Å². The van der Waals surface area contributed by atoms with Crippen molar-refractivity contribution in [3.8, 4) is 0 Å². The van der Waals surface area contributed by atoms with Gasteiger partial charge in [-0.05, 0) is 26.7 Å². The predicted octanol–water partition coefficient (Wildman–Crippen LogP) is 0.648. The fourth-order valence-corrected chi connectivity index (χ4v) is 1.82. The Morgan fingerprint density at radius 1 is 1.65 bits per heavy atom. The molecule has 17 heavy (non-hydrogen) atoms. The van der Waals surface area contributed by atoms with Crippen LogP contribution in [0.2, 0.25) is 0 Å². The molecule has 0 bridgehead atoms. The van der Waals surface area contributed by atoms with E-state index in [9.17, 15) is 4.79 Å². The Labute approximate surface area is 102 Å². The normalized spacial score (nSPS) is 16.0. The average molecular weight is 236 g/mol. The van der Waals surface area contributed by atoms with Crippen molar-refractivity contribution >= 4 is 5.91 Å². The summed E-state index contributed by atoms with van der Waals surface area (Å²) >= 11 is 0. The third-order valence-electron chi connectivity index (χ3n) is 3.03. The number of amides is 1. The van der Waals surface area contributed by atoms with Gasteiger partial charge < -0.3 is 15.2 Å². The number of nitrogens with zero attached hydrogens (tertiary/aromatic N) is 3. The number of aryl methyl sites for hydroxylation is 1. The number of carbonyl (C=O) groups is 1. The molecule has 0 saturated heterocycles. The maximum absolute atomic E-state index is 12.2. The lowest BCUT2D eigenvalue weighted by Crippen LogP contribution is -2.51. The Morgan fingerprint density at radius 3 is 2.71 bits per heavy atom. The van der Waals surface area contributed by atoms with Crippen LogP contribution >= 0.6 is 0 Å². The lowest BCUT2D eigenvalue weighted by atomic mass is 10.1. The number of aromatic nitrogens is 2. The third-order valence-corrected chi connectivity index (χ3v) is 3.03. The Balaban J connectivity index is 2.14. The monoisotopic (exact) mass is 236 g/mol. The summed E-state index contributed by atoms with van der Waals surface area (Å²) in [6.07, 6.45) is 5.79. The summed E-state index contributed by atoms with van der Waals surface area (Å²) in [4.78, 5) is 18.4. The first-order valence-electron chi connectivity index (χ1n) is 5.96. The van der Waals surface area contributed by atoms with Gasteiger partial charge in [0.15, 0.2) is 0 Å². The highest BCUT2D eigenvalue weighted by atomic mass is 16.2. The van der Waals surface area contributed by atoms with Crippen LogP contribution in [0.25, 0.3) is 0 Å². The van der Waals surface area contributed by atoms with Crippen molar-refractivity contribution in [2.75, 3.05) is 0 Å². The topological polar surface area (TPSA) is 64.2 Å². The molecule has 2 N–H and O–H groups in total. The zero-order chi connectivity index (χ0) is 12.6. The van der Waals surface area contributed by atoms with Gasteiger partial charge in [0.25, 0.3) is 0 Å². The summed E-state index contributed by atoms with van der Waals surface area (Å²) in [5.41, 5.74) is 5.08. The summed E-state index contributed by atoms with van der Waals surface area (Å²) in [6, 6.07) is 0.349. The van der Waals surface area contributed by atoms with Crippen molar-refractivity contribution < 1.29 is 4.79 Å². The van der Waals surface area contributed by atoms with Crippen molar-refractivity contribution in [1.29, 1.82) is 0 Å². The minimum absolute atomic E-state index is 0.00278. The maximum atomic E-state index is 12.2. The van der Waals surface area contributed by atoms with E-state index >= 15 is 0 Å². The van der Waals surface area contributed by atoms with Crippen LogP contribution in [0, 0.1) is 0 Å². The minimum Gasteiger partial charge on any atom is -0.337 e. The van der Waals surface area contributed by atoms with E-state index in [1.165, 1.54) is 0 Å². The highest BCUT2D eigenvalue weighted by Gasteiger charge is 2.38. The van der Waals surface area contributed by atoms with Gasteiger partial charge in [-0.2, -0.15) is 0 Å². The standard InChI is InChI=1S/C12H20N4O/c1-12(2,13)11(17)16(9-4-5-9)8-10-14-6-7-15(10)3/h6-7,9H,4-5,8,13H2,1-3H3. The molecule has 1 amide bonds. The number of hydrogen-bond donors (Lipinski definition) is 1. The second-order valence-electron chi connectivity index (χ2n) is 5.34. The van der Waals surface area contributed by atoms with E-state index in [0.717, 1.165) is 18.7 Å². The van der Waals surface area contributed by atoms with Crippen LogP contribution in [-0.2, 0) is 18.4 Å². The van der Waals surface area contributed by atoms with E-state index in [4.69, 9.17) is 5.73 Å². The molecule has 1 heterocycles. The summed E-state index contributed by atoms with van der Waals surface area (Å²) in [5, 5.41) is 0. The van der Waals surface area contributed by atoms with Gasteiger partial charge in [0.2, 0.25) is 5.91 Å². The summed E-state index contributed by atoms with van der Waals surface area (Å²) in [6.45, 7) is 4.06. The van der Waals surface area contributed by atoms with Crippen molar-refractivity contribution in [2.45, 2.75) is 44.8 Å². The fourth-order valence-electron chi connectivity index (χ4n) is 1.82. The number of imidazole rings is 1. The molecule has 1 fully saturated rings. The first-order valence-corrected chi connectivity index (χ1v) is 5.96. The van der Waals surface area contributed by atoms with E-state index in [1.54, 1.807) is 20.0 Å². The smallest absolute Gasteiger partial charge is 0.242 e. The summed E-state index contributed by atoms with van der Waals surface area (Å²) < 4.78 is 1.94. The number of nitrogens with two attached hydrogens (primary N) is 1. The Kier molecular flexibility index (Phi) is 2.95. The molecule has 0 radical (unpaired) electrons. The molecule has 0 spiro atoms. The van der Waals surface area contributed by atoms with Crippen LogP contribution in [0.3, 0.4) is 0 Å². The maximum Gasteiger partial charge on any atom is 0.242 e. The molecule has 0 atom stereocenters. The highest BCUT2D eigenvalue weighted by Crippen LogP contribution is 2.29. The molecule has 1 saturated carbocycles. The first-order chi connectivity index (χ1) is 7.89. The molecule has 5 heteroatoms. The van der Waals surface area contributed by atoms with Gasteiger partial charge in [0, 0.05) is 25.5 Å². The molecule has 0 aromatic carbocycles. The first kappa shape index (κ1) is 12.1. The second kappa shape index (κ2) is 4.14. The minimum atomic E-state index is -0.812. The van der Waals surface area contributed by atoms with Crippen molar-refractivity contribution in [2.24, 2.45) is 12.8 Å². The van der Waals surface area contributed by atoms with Crippen LogP contribution in [0.15, 0.2) is 12.4 Å². The molecule has 1 aromatic heterocycles. The Morgan fingerprint density at radius 2 is 2.29 bits per heavy atom. The Hall–Kier alpha value is -1.36. The molecule has 1 aromatic rings. The molecule has 0 aliphatic heterocycles. The van der Waals surface area contributed by atoms with Crippen LogP contribution in [0.4, 0.5) is 0 Å². The fraction of sp³-hybridized carbons (Fsp3) is 0.667. The van der Waals surface area contributed by atoms with E-state index < -0.39 is 5.54 Å². The SMILES string of the molecule is Cn1ccnc1CN(C(=O)C(C)(C)N)C1CC1. The zero-order valence-corrected chi connectivity index (χ0v) is 10.7. The molecule has 5 nitrogen and oxygen atoms in total. The number of hydrogen-bond acceptors (Lipinski definition) is 3. The molecule has 1 aliphatic rings. The van der Waals surface area contributed by atoms with E-state index in [2.05, 4.69) is 4.98 Å². The predicted molar refractivity (Wildman–Crippen MR) is 65.0 cm³/mol. The van der Waals surface area contributed by atoms with Crippen molar-refractivity contribution in [3.05, 3.63) is 18.2 Å². The van der Waals surface area contributed by atoms with Crippen molar-refractivity contribution in [1.82, 2.24) is 14.5 Å². The van der Waals surface area contributed by atoms with Gasteiger partial charge >= 0.3 is 0 Å². The van der Waals surface area contributed by atoms with Gasteiger partial charge in [0.1, 0.15) is 5.82 Å². The van der Waals surface area contributed by atoms with Gasteiger partial charge in [0.05, 0.1) is 12.1 Å². The molecule has 1 aliphatic carbocycles. The molecular weight excluding hydrogens is 216 g/mol. The Bertz CT molecular complexity index is 414. The third kappa shape index (κ3) is 2.66. The number of rotatable bonds is 4. The largest absolute Gasteiger partial charge is 0.337 e. The van der Waals surface area contributed by atoms with Gasteiger partial charge in [-0.3, -0.25) is 4.79 Å². The quantitative estimate of drug-likeness (QED) is 0.834. The molecular formula is C12H20N4O. The molecule has 2 rings (SSSR count). The van der Waals surface area contributed by atoms with Crippen LogP contribution < -0.4 is 5.73 Å². The van der Waals surface area contributed by atoms with Crippen LogP contribution in [0.5, 0.6) is 0 Å². The van der Waals surface area contributed by atoms with Gasteiger partial charge in [-0.1, -0.05) is 0 Å². The lowest BCUT2D eigenvalue weighted by Gasteiger charge is -2.29. The summed E-state index contributed by atoms with van der Waals surface area (Å²) in [7, 11) is 1.94. The zero-order valence-electron chi connectivity index (χ0n) is 10.7. The summed E-state index contributed by atoms with van der Waals surface area (Å²) in [5.74, 6) is 0.900. The molecule has 94 valence electrons. The van der Waals surface area contributed by atoms with Crippen LogP contribution in [-0.4, -0.2) is 31.9 Å². The van der Waals surface area contributed by atoms with Gasteiger partial charge in [-0.25, -0.2) is 4.98 Å². The van der Waals surface area contributed by atoms with E-state index in [1.807, 2.05) is 22.7 Å².